The van der Waals surface area contributed by atoms with E-state index < -0.39 is 4.30 Å². The number of aliphatic hydroxyl groups excluding tert-OH is 1. The van der Waals surface area contributed by atoms with Crippen LogP contribution in [0.25, 0.3) is 0 Å². The highest BCUT2D eigenvalue weighted by molar-refractivity contribution is 6.63. The van der Waals surface area contributed by atoms with Crippen molar-refractivity contribution in [3.05, 3.63) is 0 Å². The van der Waals surface area contributed by atoms with Crippen molar-refractivity contribution in [3.8, 4) is 0 Å². The zero-order valence-corrected chi connectivity index (χ0v) is 12.2. The summed E-state index contributed by atoms with van der Waals surface area (Å²) in [5, 5.41) is 7.57. The SMILES string of the molecule is CCCCCCC.CCO.ClC(Cl)Cl.O. The zero-order chi connectivity index (χ0) is 11.8. The first-order valence-corrected chi connectivity index (χ1v) is 6.40. The minimum atomic E-state index is -0.750. The van der Waals surface area contributed by atoms with Crippen LogP contribution < -0.4 is 0 Å². The number of unbranched alkanes of at least 4 members (excludes halogenated alkanes) is 4. The molecule has 0 saturated carbocycles. The lowest BCUT2D eigenvalue weighted by Crippen LogP contribution is -1.70. The fraction of sp³-hybridized carbons (Fsp3) is 1.00. The first-order valence-electron chi connectivity index (χ1n) is 5.09. The van der Waals surface area contributed by atoms with E-state index in [0.29, 0.717) is 0 Å². The van der Waals surface area contributed by atoms with Crippen LogP contribution in [0.15, 0.2) is 0 Å². The molecule has 0 rings (SSSR count). The molecule has 0 heterocycles. The number of aliphatic hydroxyl groups is 1. The second kappa shape index (κ2) is 29.3. The summed E-state index contributed by atoms with van der Waals surface area (Å²) >= 11 is 14.4. The molecule has 98 valence electrons. The molecule has 0 aliphatic heterocycles. The van der Waals surface area contributed by atoms with Gasteiger partial charge in [0.1, 0.15) is 0 Å². The Morgan fingerprint density at radius 2 is 1.07 bits per heavy atom. The van der Waals surface area contributed by atoms with E-state index in [-0.39, 0.29) is 12.1 Å². The van der Waals surface area contributed by atoms with Crippen LogP contribution in [0, 0.1) is 0 Å². The van der Waals surface area contributed by atoms with Gasteiger partial charge in [-0.1, -0.05) is 80.8 Å². The van der Waals surface area contributed by atoms with Gasteiger partial charge in [-0.25, -0.2) is 0 Å². The highest BCUT2D eigenvalue weighted by atomic mass is 35.6. The standard InChI is InChI=1S/C7H16.C2H6O.CHCl3.H2O/c1-3-5-7-6-4-2;1-2-3;2-1(3)4;/h3-7H2,1-2H3;3H,2H2,1H3;1H;1H2. The van der Waals surface area contributed by atoms with Crippen LogP contribution in [-0.4, -0.2) is 21.5 Å². The Morgan fingerprint density at radius 1 is 0.867 bits per heavy atom. The monoisotopic (exact) mass is 282 g/mol. The van der Waals surface area contributed by atoms with Crippen molar-refractivity contribution < 1.29 is 10.6 Å². The van der Waals surface area contributed by atoms with Crippen molar-refractivity contribution in [2.75, 3.05) is 6.61 Å². The molecule has 15 heavy (non-hydrogen) atoms. The Kier molecular flexibility index (Phi) is 48.6. The molecule has 0 bridgehead atoms. The van der Waals surface area contributed by atoms with Gasteiger partial charge in [-0.05, 0) is 6.92 Å². The summed E-state index contributed by atoms with van der Waals surface area (Å²) in [5.74, 6) is 0. The summed E-state index contributed by atoms with van der Waals surface area (Å²) in [6.45, 7) is 6.42. The lowest BCUT2D eigenvalue weighted by Gasteiger charge is -1.90. The van der Waals surface area contributed by atoms with Crippen LogP contribution in [-0.2, 0) is 0 Å². The van der Waals surface area contributed by atoms with Crippen molar-refractivity contribution in [2.24, 2.45) is 0 Å². The first-order chi connectivity index (χ1) is 6.56. The molecule has 5 heteroatoms. The van der Waals surface area contributed by atoms with Crippen LogP contribution in [0.5, 0.6) is 0 Å². The summed E-state index contributed by atoms with van der Waals surface area (Å²) in [7, 11) is 0. The van der Waals surface area contributed by atoms with Gasteiger partial charge >= 0.3 is 0 Å². The zero-order valence-electron chi connectivity index (χ0n) is 9.90. The maximum Gasteiger partial charge on any atom is 0.180 e. The van der Waals surface area contributed by atoms with Gasteiger partial charge in [0, 0.05) is 6.61 Å². The molecule has 0 fully saturated rings. The normalized spacial score (nSPS) is 8.00. The number of hydrogen-bond donors (Lipinski definition) is 1. The fourth-order valence-corrected chi connectivity index (χ4v) is 0.677. The molecule has 0 aliphatic rings. The van der Waals surface area contributed by atoms with Crippen molar-refractivity contribution in [1.82, 2.24) is 0 Å². The Balaban J connectivity index is -0.0000000654. The third kappa shape index (κ3) is 105. The van der Waals surface area contributed by atoms with E-state index >= 15 is 0 Å². The lowest BCUT2D eigenvalue weighted by atomic mass is 10.2. The molecule has 0 radical (unpaired) electrons. The highest BCUT2D eigenvalue weighted by Crippen LogP contribution is 2.03. The van der Waals surface area contributed by atoms with Crippen LogP contribution in [0.3, 0.4) is 0 Å². The molecule has 3 N–H and O–H groups in total. The van der Waals surface area contributed by atoms with Crippen LogP contribution in [0.4, 0.5) is 0 Å². The minimum Gasteiger partial charge on any atom is -0.412 e. The van der Waals surface area contributed by atoms with Gasteiger partial charge in [0.25, 0.3) is 0 Å². The second-order valence-electron chi connectivity index (χ2n) is 2.62. The smallest absolute Gasteiger partial charge is 0.180 e. The predicted octanol–water partition coefficient (Wildman–Crippen LogP) is 4.14. The Morgan fingerprint density at radius 3 is 1.20 bits per heavy atom. The highest BCUT2D eigenvalue weighted by Gasteiger charge is 1.80. The van der Waals surface area contributed by atoms with E-state index in [4.69, 9.17) is 39.9 Å². The maximum absolute atomic E-state index is 7.57. The number of rotatable bonds is 4. The molecular weight excluding hydrogens is 258 g/mol. The third-order valence-electron chi connectivity index (χ3n) is 1.21. The van der Waals surface area contributed by atoms with Crippen LogP contribution >= 0.6 is 34.8 Å². The third-order valence-corrected chi connectivity index (χ3v) is 1.21. The summed E-state index contributed by atoms with van der Waals surface area (Å²) in [5.41, 5.74) is 0. The van der Waals surface area contributed by atoms with Gasteiger partial charge in [-0.2, -0.15) is 0 Å². The molecule has 0 aromatic carbocycles. The Labute approximate surface area is 109 Å². The van der Waals surface area contributed by atoms with E-state index in [1.54, 1.807) is 6.92 Å². The largest absolute Gasteiger partial charge is 0.412 e. The fourth-order valence-electron chi connectivity index (χ4n) is 0.677. The Bertz CT molecular complexity index is 66.9. The van der Waals surface area contributed by atoms with Gasteiger partial charge in [0.05, 0.1) is 0 Å². The average Bonchev–Trinajstić information content (AvgIpc) is 2.06. The predicted molar refractivity (Wildman–Crippen MR) is 72.2 cm³/mol. The van der Waals surface area contributed by atoms with Crippen molar-refractivity contribution >= 4 is 34.8 Å². The lowest BCUT2D eigenvalue weighted by molar-refractivity contribution is 0.318. The molecule has 0 unspecified atom stereocenters. The summed E-state index contributed by atoms with van der Waals surface area (Å²) < 4.78 is -0.750. The number of alkyl halides is 3. The van der Waals surface area contributed by atoms with E-state index in [0.717, 1.165) is 0 Å². The van der Waals surface area contributed by atoms with Crippen LogP contribution in [0.1, 0.15) is 52.9 Å². The van der Waals surface area contributed by atoms with E-state index in [9.17, 15) is 0 Å². The molecule has 0 aromatic rings. The van der Waals surface area contributed by atoms with E-state index in [1.807, 2.05) is 0 Å². The second-order valence-corrected chi connectivity index (χ2v) is 4.60. The molecule has 0 aromatic heterocycles. The summed E-state index contributed by atoms with van der Waals surface area (Å²) in [6, 6.07) is 0. The molecule has 0 aliphatic carbocycles. The van der Waals surface area contributed by atoms with Gasteiger partial charge in [-0.15, -0.1) is 0 Å². The van der Waals surface area contributed by atoms with Crippen LogP contribution in [0.2, 0.25) is 0 Å². The molecule has 0 spiro atoms. The van der Waals surface area contributed by atoms with E-state index in [2.05, 4.69) is 13.8 Å². The van der Waals surface area contributed by atoms with E-state index in [1.165, 1.54) is 32.1 Å². The summed E-state index contributed by atoms with van der Waals surface area (Å²) in [6.07, 6.45) is 7.01. The van der Waals surface area contributed by atoms with Crippen molar-refractivity contribution in [1.29, 1.82) is 0 Å². The number of hydrogen-bond acceptors (Lipinski definition) is 1. The molecule has 0 amide bonds. The number of halogens is 3. The molecule has 0 saturated heterocycles. The topological polar surface area (TPSA) is 51.7 Å². The first kappa shape index (κ1) is 24.8. The quantitative estimate of drug-likeness (QED) is 0.612. The average molecular weight is 284 g/mol. The van der Waals surface area contributed by atoms with Gasteiger partial charge < -0.3 is 10.6 Å². The van der Waals surface area contributed by atoms with Gasteiger partial charge in [0.2, 0.25) is 0 Å². The minimum absolute atomic E-state index is 0. The van der Waals surface area contributed by atoms with Crippen molar-refractivity contribution in [3.63, 3.8) is 0 Å². The molecule has 0 atom stereocenters. The molecular formula is C10H25Cl3O2. The van der Waals surface area contributed by atoms with Gasteiger partial charge in [-0.3, -0.25) is 0 Å². The van der Waals surface area contributed by atoms with Gasteiger partial charge in [0.15, 0.2) is 4.30 Å². The van der Waals surface area contributed by atoms with Crippen molar-refractivity contribution in [2.45, 2.75) is 57.2 Å². The molecule has 2 nitrogen and oxygen atoms in total. The summed E-state index contributed by atoms with van der Waals surface area (Å²) in [4.78, 5) is 0. The Hall–Kier alpha value is 0.790. The maximum atomic E-state index is 7.57.